The van der Waals surface area contributed by atoms with Crippen LogP contribution in [0.2, 0.25) is 0 Å². The van der Waals surface area contributed by atoms with Gasteiger partial charge in [0.1, 0.15) is 11.4 Å². The number of nitroso groups, excluding NO2 is 1. The van der Waals surface area contributed by atoms with Crippen molar-refractivity contribution in [3.63, 3.8) is 0 Å². The first-order chi connectivity index (χ1) is 12.2. The van der Waals surface area contributed by atoms with Crippen LogP contribution in [0.25, 0.3) is 0 Å². The minimum absolute atomic E-state index is 0.109. The van der Waals surface area contributed by atoms with Crippen LogP contribution in [0.4, 0.5) is 5.69 Å². The van der Waals surface area contributed by atoms with E-state index in [0.29, 0.717) is 26.1 Å². The maximum absolute atomic E-state index is 12.0. The van der Waals surface area contributed by atoms with Crippen LogP contribution in [0.15, 0.2) is 44.5 Å². The van der Waals surface area contributed by atoms with Gasteiger partial charge in [-0.15, -0.1) is 4.91 Å². The fraction of sp³-hybridized carbons (Fsp3) is 0.333. The predicted octanol–water partition coefficient (Wildman–Crippen LogP) is 7.32. The van der Waals surface area contributed by atoms with E-state index >= 15 is 0 Å². The topological polar surface area (TPSA) is 76.0 Å². The van der Waals surface area contributed by atoms with E-state index in [2.05, 4.69) is 37.0 Å². The largest absolute Gasteiger partial charge is 0.455 e. The van der Waals surface area contributed by atoms with Gasteiger partial charge in [0.15, 0.2) is 5.75 Å². The molecule has 2 aromatic rings. The Hall–Kier alpha value is -1.01. The lowest BCUT2D eigenvalue weighted by molar-refractivity contribution is 0.473. The Kier molecular flexibility index (Phi) is 7.19. The zero-order valence-corrected chi connectivity index (χ0v) is 18.8. The molecule has 26 heavy (non-hydrogen) atoms. The minimum Gasteiger partial charge on any atom is -0.455 e. The first-order valence-corrected chi connectivity index (χ1v) is 11.7. The van der Waals surface area contributed by atoms with Gasteiger partial charge in [0, 0.05) is 12.3 Å². The second-order valence-electron chi connectivity index (χ2n) is 6.28. The molecule has 0 spiro atoms. The number of rotatable bonds is 7. The molecular formula is C18H20Br2NO4P. The Morgan fingerprint density at radius 2 is 1.81 bits per heavy atom. The molecule has 8 heteroatoms. The third-order valence-corrected chi connectivity index (χ3v) is 6.95. The van der Waals surface area contributed by atoms with Gasteiger partial charge in [-0.05, 0) is 84.4 Å². The van der Waals surface area contributed by atoms with E-state index in [9.17, 15) is 14.4 Å². The molecule has 2 aromatic carbocycles. The molecule has 0 aliphatic rings. The Labute approximate surface area is 169 Å². The van der Waals surface area contributed by atoms with Gasteiger partial charge in [-0.3, -0.25) is 4.57 Å². The van der Waals surface area contributed by atoms with Crippen LogP contribution in [0.3, 0.4) is 0 Å². The average Bonchev–Trinajstić information content (AvgIpc) is 2.57. The maximum atomic E-state index is 12.0. The van der Waals surface area contributed by atoms with Crippen molar-refractivity contribution >= 4 is 44.9 Å². The van der Waals surface area contributed by atoms with Gasteiger partial charge in [-0.25, -0.2) is 0 Å². The smallest absolute Gasteiger partial charge is 0.204 e. The quantitative estimate of drug-likeness (QED) is 0.316. The number of hydrogen-bond donors (Lipinski definition) is 1. The highest BCUT2D eigenvalue weighted by atomic mass is 79.9. The molecule has 0 fully saturated rings. The molecule has 1 atom stereocenters. The summed E-state index contributed by atoms with van der Waals surface area (Å²) < 4.78 is 19.3. The van der Waals surface area contributed by atoms with Crippen molar-refractivity contribution < 1.29 is 14.2 Å². The maximum Gasteiger partial charge on any atom is 0.204 e. The predicted molar refractivity (Wildman–Crippen MR) is 112 cm³/mol. The van der Waals surface area contributed by atoms with E-state index in [1.165, 1.54) is 0 Å². The van der Waals surface area contributed by atoms with Crippen LogP contribution in [-0.4, -0.2) is 11.1 Å². The van der Waals surface area contributed by atoms with Crippen molar-refractivity contribution in [1.29, 1.82) is 0 Å². The zero-order chi connectivity index (χ0) is 19.5. The van der Waals surface area contributed by atoms with Crippen LogP contribution < -0.4 is 4.74 Å². The number of hydrogen-bond acceptors (Lipinski definition) is 4. The summed E-state index contributed by atoms with van der Waals surface area (Å²) in [4.78, 5) is 20.8. The number of nitrogens with zero attached hydrogens (tertiary/aromatic N) is 1. The highest BCUT2D eigenvalue weighted by Crippen LogP contribution is 2.46. The lowest BCUT2D eigenvalue weighted by Gasteiger charge is -2.15. The second kappa shape index (κ2) is 8.79. The van der Waals surface area contributed by atoms with Gasteiger partial charge in [0.05, 0.1) is 8.95 Å². The third-order valence-electron chi connectivity index (χ3n) is 3.92. The van der Waals surface area contributed by atoms with Crippen LogP contribution in [-0.2, 0) is 10.7 Å². The molecule has 5 nitrogen and oxygen atoms in total. The molecule has 0 saturated carbocycles. The van der Waals surface area contributed by atoms with Crippen molar-refractivity contribution in [2.75, 3.05) is 6.16 Å². The lowest BCUT2D eigenvalue weighted by atomic mass is 10.0. The summed E-state index contributed by atoms with van der Waals surface area (Å²) in [6.45, 7) is 5.66. The molecule has 0 bridgehead atoms. The standard InChI is InChI=1S/C18H20Br2NO4P/c1-4-26(23,24)10-12-7-15(19)18(16(20)8-12)25-13-5-6-17(21-22)14(9-13)11(2)3/h5-9,11H,4,10H2,1-3H3,(H,23,24). The fourth-order valence-electron chi connectivity index (χ4n) is 2.46. The van der Waals surface area contributed by atoms with Gasteiger partial charge in [0.25, 0.3) is 0 Å². The van der Waals surface area contributed by atoms with Crippen LogP contribution in [0, 0.1) is 4.91 Å². The summed E-state index contributed by atoms with van der Waals surface area (Å²) in [5, 5.41) is 3.05. The van der Waals surface area contributed by atoms with Crippen molar-refractivity contribution in [2.45, 2.75) is 32.9 Å². The Balaban J connectivity index is 2.34. The molecule has 0 amide bonds. The SMILES string of the molecule is CCP(=O)(O)Cc1cc(Br)c(Oc2ccc(N=O)c(C(C)C)c2)c(Br)c1. The number of ether oxygens (including phenoxy) is 1. The summed E-state index contributed by atoms with van der Waals surface area (Å²) in [5.74, 6) is 1.27. The Bertz CT molecular complexity index is 847. The molecule has 2 rings (SSSR count). The summed E-state index contributed by atoms with van der Waals surface area (Å²) in [5.41, 5.74) is 1.96. The van der Waals surface area contributed by atoms with Crippen LogP contribution >= 0.6 is 39.2 Å². The average molecular weight is 505 g/mol. The van der Waals surface area contributed by atoms with Crippen molar-refractivity contribution in [2.24, 2.45) is 5.18 Å². The van der Waals surface area contributed by atoms with E-state index in [-0.39, 0.29) is 18.2 Å². The third kappa shape index (κ3) is 5.26. The Morgan fingerprint density at radius 1 is 1.19 bits per heavy atom. The Morgan fingerprint density at radius 3 is 2.31 bits per heavy atom. The normalized spacial score (nSPS) is 13.5. The van der Waals surface area contributed by atoms with E-state index < -0.39 is 7.37 Å². The fourth-order valence-corrected chi connectivity index (χ4v) is 4.88. The summed E-state index contributed by atoms with van der Waals surface area (Å²) >= 11 is 6.93. The van der Waals surface area contributed by atoms with Crippen LogP contribution in [0.1, 0.15) is 37.8 Å². The highest BCUT2D eigenvalue weighted by Gasteiger charge is 2.19. The molecule has 140 valence electrons. The number of benzene rings is 2. The van der Waals surface area contributed by atoms with E-state index in [1.54, 1.807) is 37.3 Å². The van der Waals surface area contributed by atoms with Gasteiger partial charge in [-0.2, -0.15) is 0 Å². The first-order valence-electron chi connectivity index (χ1n) is 8.10. The highest BCUT2D eigenvalue weighted by molar-refractivity contribution is 9.11. The lowest BCUT2D eigenvalue weighted by Crippen LogP contribution is -1.95. The summed E-state index contributed by atoms with van der Waals surface area (Å²) in [7, 11) is -3.17. The second-order valence-corrected chi connectivity index (χ2v) is 10.6. The van der Waals surface area contributed by atoms with Gasteiger partial charge < -0.3 is 9.63 Å². The molecule has 0 radical (unpaired) electrons. The van der Waals surface area contributed by atoms with Crippen molar-refractivity contribution in [3.8, 4) is 11.5 Å². The zero-order valence-electron chi connectivity index (χ0n) is 14.7. The summed E-state index contributed by atoms with van der Waals surface area (Å²) in [6, 6.07) is 8.69. The van der Waals surface area contributed by atoms with Gasteiger partial charge >= 0.3 is 0 Å². The molecule has 0 aromatic heterocycles. The van der Waals surface area contributed by atoms with E-state index in [4.69, 9.17) is 4.74 Å². The van der Waals surface area contributed by atoms with Gasteiger partial charge in [-0.1, -0.05) is 20.8 Å². The van der Waals surface area contributed by atoms with Crippen molar-refractivity contribution in [1.82, 2.24) is 0 Å². The molecular weight excluding hydrogens is 485 g/mol. The first kappa shape index (κ1) is 21.3. The van der Waals surface area contributed by atoms with Gasteiger partial charge in [0.2, 0.25) is 7.37 Å². The number of halogens is 2. The van der Waals surface area contributed by atoms with Crippen LogP contribution in [0.5, 0.6) is 11.5 Å². The molecule has 0 aliphatic heterocycles. The monoisotopic (exact) mass is 503 g/mol. The molecule has 1 unspecified atom stereocenters. The van der Waals surface area contributed by atoms with E-state index in [1.807, 2.05) is 13.8 Å². The van der Waals surface area contributed by atoms with E-state index in [0.717, 1.165) is 11.1 Å². The molecule has 1 N–H and O–H groups in total. The minimum atomic E-state index is -3.17. The molecule has 0 saturated heterocycles. The van der Waals surface area contributed by atoms with Crippen molar-refractivity contribution in [3.05, 3.63) is 55.3 Å². The molecule has 0 heterocycles. The summed E-state index contributed by atoms with van der Waals surface area (Å²) in [6.07, 6.45) is 0.341. The molecule has 0 aliphatic carbocycles.